The van der Waals surface area contributed by atoms with Gasteiger partial charge < -0.3 is 9.88 Å². The third-order valence-corrected chi connectivity index (χ3v) is 6.49. The van der Waals surface area contributed by atoms with Crippen molar-refractivity contribution in [3.8, 4) is 0 Å². The highest BCUT2D eigenvalue weighted by Gasteiger charge is 2.27. The van der Waals surface area contributed by atoms with Crippen molar-refractivity contribution in [2.75, 3.05) is 0 Å². The largest absolute Gasteiger partial charge is 0.350 e. The van der Waals surface area contributed by atoms with Crippen molar-refractivity contribution in [3.05, 3.63) is 131 Å². The summed E-state index contributed by atoms with van der Waals surface area (Å²) in [4.78, 5) is 22.8. The van der Waals surface area contributed by atoms with Gasteiger partial charge in [-0.25, -0.2) is 9.37 Å². The molecule has 0 aliphatic carbocycles. The van der Waals surface area contributed by atoms with Crippen LogP contribution >= 0.6 is 0 Å². The molecular weight excluding hydrogens is 451 g/mol. The number of nitrogens with one attached hydrogen (secondary N) is 1. The Balaban J connectivity index is 1.63. The van der Waals surface area contributed by atoms with Gasteiger partial charge in [-0.2, -0.15) is 0 Å². The Morgan fingerprint density at radius 1 is 0.917 bits per heavy atom. The number of aryl methyl sites for hydroxylation is 2. The minimum atomic E-state index is -0.629. The summed E-state index contributed by atoms with van der Waals surface area (Å²) in [5, 5.41) is 3.11. The third kappa shape index (κ3) is 4.89. The number of amides is 1. The first kappa shape index (κ1) is 23.4. The monoisotopic (exact) mass is 478 g/mol. The molecule has 1 atom stereocenters. The number of benzene rings is 3. The maximum atomic E-state index is 13.8. The minimum absolute atomic E-state index is 0.129. The van der Waals surface area contributed by atoms with Crippen LogP contribution in [0.4, 0.5) is 4.39 Å². The summed E-state index contributed by atoms with van der Waals surface area (Å²) in [7, 11) is 0. The molecule has 2 aromatic heterocycles. The van der Waals surface area contributed by atoms with Crippen molar-refractivity contribution in [1.29, 1.82) is 0 Å². The van der Waals surface area contributed by atoms with Gasteiger partial charge in [-0.05, 0) is 78.1 Å². The molecule has 5 aromatic rings. The van der Waals surface area contributed by atoms with Crippen molar-refractivity contribution >= 4 is 16.9 Å². The van der Waals surface area contributed by atoms with Gasteiger partial charge in [0.25, 0.3) is 0 Å². The van der Waals surface area contributed by atoms with E-state index in [1.807, 2.05) is 47.0 Å². The molecule has 1 amide bonds. The number of aromatic nitrogens is 3. The van der Waals surface area contributed by atoms with Gasteiger partial charge >= 0.3 is 0 Å². The van der Waals surface area contributed by atoms with E-state index in [1.54, 1.807) is 24.5 Å². The van der Waals surface area contributed by atoms with Gasteiger partial charge in [-0.1, -0.05) is 42.5 Å². The van der Waals surface area contributed by atoms with Crippen molar-refractivity contribution in [3.63, 3.8) is 0 Å². The summed E-state index contributed by atoms with van der Waals surface area (Å²) in [6.07, 6.45) is 3.89. The standard InChI is InChI=1S/C30H27FN4O/c1-20-16-26-27(17-21(20)2)35(28(34-26)18-22-8-10-25(31)11-9-22)29(24-6-4-3-5-7-24)30(36)33-19-23-12-14-32-15-13-23/h3-17,29H,18-19H2,1-2H3,(H,33,36). The van der Waals surface area contributed by atoms with Gasteiger partial charge in [0.1, 0.15) is 17.7 Å². The highest BCUT2D eigenvalue weighted by Crippen LogP contribution is 2.30. The van der Waals surface area contributed by atoms with E-state index in [4.69, 9.17) is 4.98 Å². The molecule has 6 heteroatoms. The van der Waals surface area contributed by atoms with Crippen LogP contribution < -0.4 is 5.32 Å². The van der Waals surface area contributed by atoms with Gasteiger partial charge in [-0.15, -0.1) is 0 Å². The summed E-state index contributed by atoms with van der Waals surface area (Å²) in [6, 6.07) is 23.5. The van der Waals surface area contributed by atoms with Crippen LogP contribution in [0.1, 0.15) is 39.7 Å². The van der Waals surface area contributed by atoms with Gasteiger partial charge in [0.2, 0.25) is 5.91 Å². The van der Waals surface area contributed by atoms with E-state index in [1.165, 1.54) is 12.1 Å². The van der Waals surface area contributed by atoms with E-state index < -0.39 is 6.04 Å². The van der Waals surface area contributed by atoms with E-state index in [9.17, 15) is 9.18 Å². The van der Waals surface area contributed by atoms with Crippen molar-refractivity contribution in [2.45, 2.75) is 32.9 Å². The first-order valence-electron chi connectivity index (χ1n) is 11.9. The molecule has 1 N–H and O–H groups in total. The number of hydrogen-bond donors (Lipinski definition) is 1. The Bertz CT molecular complexity index is 1500. The number of rotatable bonds is 7. The molecule has 0 bridgehead atoms. The molecule has 0 aliphatic rings. The smallest absolute Gasteiger partial charge is 0.248 e. The zero-order valence-electron chi connectivity index (χ0n) is 20.3. The van der Waals surface area contributed by atoms with Crippen LogP contribution in [0.15, 0.2) is 91.3 Å². The van der Waals surface area contributed by atoms with Crippen LogP contribution in [-0.2, 0) is 17.8 Å². The van der Waals surface area contributed by atoms with Gasteiger partial charge in [0.05, 0.1) is 11.0 Å². The average Bonchev–Trinajstić information content (AvgIpc) is 3.22. The molecule has 3 aromatic carbocycles. The van der Waals surface area contributed by atoms with Gasteiger partial charge in [0, 0.05) is 25.4 Å². The predicted molar refractivity (Wildman–Crippen MR) is 139 cm³/mol. The number of pyridine rings is 1. The molecule has 0 fully saturated rings. The number of halogens is 1. The fourth-order valence-corrected chi connectivity index (χ4v) is 4.44. The van der Waals surface area contributed by atoms with Crippen LogP contribution in [0, 0.1) is 19.7 Å². The number of carbonyl (C=O) groups excluding carboxylic acids is 1. The van der Waals surface area contributed by atoms with Crippen LogP contribution in [0.3, 0.4) is 0 Å². The maximum Gasteiger partial charge on any atom is 0.248 e. The van der Waals surface area contributed by atoms with Crippen molar-refractivity contribution < 1.29 is 9.18 Å². The summed E-state index contributed by atoms with van der Waals surface area (Å²) < 4.78 is 15.6. The van der Waals surface area contributed by atoms with Crippen molar-refractivity contribution in [1.82, 2.24) is 19.9 Å². The van der Waals surface area contributed by atoms with Crippen LogP contribution in [0.5, 0.6) is 0 Å². The van der Waals surface area contributed by atoms with E-state index in [2.05, 4.69) is 36.3 Å². The van der Waals surface area contributed by atoms with E-state index in [-0.39, 0.29) is 11.7 Å². The first-order valence-corrected chi connectivity index (χ1v) is 11.9. The Hall–Kier alpha value is -4.32. The fraction of sp³-hybridized carbons (Fsp3) is 0.167. The quantitative estimate of drug-likeness (QED) is 0.327. The second kappa shape index (κ2) is 10.1. The second-order valence-electron chi connectivity index (χ2n) is 9.01. The molecular formula is C30H27FN4O. The molecule has 0 aliphatic heterocycles. The fourth-order valence-electron chi connectivity index (χ4n) is 4.44. The predicted octanol–water partition coefficient (Wildman–Crippen LogP) is 5.68. The molecule has 180 valence electrons. The Labute approximate surface area is 209 Å². The number of nitrogens with zero attached hydrogens (tertiary/aromatic N) is 3. The highest BCUT2D eigenvalue weighted by atomic mass is 19.1. The van der Waals surface area contributed by atoms with Crippen LogP contribution in [0.25, 0.3) is 11.0 Å². The second-order valence-corrected chi connectivity index (χ2v) is 9.01. The Morgan fingerprint density at radius 3 is 2.33 bits per heavy atom. The van der Waals surface area contributed by atoms with E-state index in [0.29, 0.717) is 13.0 Å². The zero-order chi connectivity index (χ0) is 25.1. The lowest BCUT2D eigenvalue weighted by Gasteiger charge is -2.22. The first-order chi connectivity index (χ1) is 17.5. The maximum absolute atomic E-state index is 13.8. The summed E-state index contributed by atoms with van der Waals surface area (Å²) in [6.45, 7) is 4.51. The molecule has 36 heavy (non-hydrogen) atoms. The number of hydrogen-bond acceptors (Lipinski definition) is 3. The summed E-state index contributed by atoms with van der Waals surface area (Å²) in [5.74, 6) is 0.335. The summed E-state index contributed by atoms with van der Waals surface area (Å²) >= 11 is 0. The molecule has 0 radical (unpaired) electrons. The van der Waals surface area contributed by atoms with Crippen LogP contribution in [-0.4, -0.2) is 20.4 Å². The molecule has 0 saturated carbocycles. The molecule has 0 spiro atoms. The molecule has 2 heterocycles. The number of carbonyl (C=O) groups is 1. The average molecular weight is 479 g/mol. The zero-order valence-corrected chi connectivity index (χ0v) is 20.3. The van der Waals surface area contributed by atoms with E-state index >= 15 is 0 Å². The lowest BCUT2D eigenvalue weighted by molar-refractivity contribution is -0.123. The minimum Gasteiger partial charge on any atom is -0.350 e. The molecule has 5 nitrogen and oxygen atoms in total. The number of fused-ring (bicyclic) bond motifs is 1. The van der Waals surface area contributed by atoms with Crippen molar-refractivity contribution in [2.24, 2.45) is 0 Å². The van der Waals surface area contributed by atoms with Gasteiger partial charge in [0.15, 0.2) is 0 Å². The van der Waals surface area contributed by atoms with Crippen LogP contribution in [0.2, 0.25) is 0 Å². The number of imidazole rings is 1. The Morgan fingerprint density at radius 2 is 1.61 bits per heavy atom. The third-order valence-electron chi connectivity index (χ3n) is 6.49. The molecule has 1 unspecified atom stereocenters. The lowest BCUT2D eigenvalue weighted by atomic mass is 10.0. The lowest BCUT2D eigenvalue weighted by Crippen LogP contribution is -2.33. The molecule has 0 saturated heterocycles. The summed E-state index contributed by atoms with van der Waals surface area (Å²) in [5.41, 5.74) is 6.74. The Kier molecular flexibility index (Phi) is 6.58. The topological polar surface area (TPSA) is 59.8 Å². The SMILES string of the molecule is Cc1cc2nc(Cc3ccc(F)cc3)n(C(C(=O)NCc3ccncc3)c3ccccc3)c2cc1C. The molecule has 5 rings (SSSR count). The van der Waals surface area contributed by atoms with E-state index in [0.717, 1.165) is 44.7 Å². The highest BCUT2D eigenvalue weighted by molar-refractivity contribution is 5.87. The van der Waals surface area contributed by atoms with Gasteiger partial charge in [-0.3, -0.25) is 9.78 Å². The normalized spacial score (nSPS) is 12.0.